The van der Waals surface area contributed by atoms with Crippen LogP contribution >= 0.6 is 11.9 Å². The number of hydrogen-bond acceptors (Lipinski definition) is 5. The van der Waals surface area contributed by atoms with E-state index in [4.69, 9.17) is 5.14 Å². The van der Waals surface area contributed by atoms with Gasteiger partial charge in [0.15, 0.2) is 0 Å². The SMILES string of the molecule is Cc1cnc(C(=O)NCCc2ccc(SN)cc2)cn1. The highest BCUT2D eigenvalue weighted by Gasteiger charge is 2.06. The van der Waals surface area contributed by atoms with Gasteiger partial charge in [0.05, 0.1) is 11.9 Å². The number of nitrogens with one attached hydrogen (secondary N) is 1. The second-order valence-corrected chi connectivity index (χ2v) is 5.02. The van der Waals surface area contributed by atoms with Crippen molar-refractivity contribution in [2.75, 3.05) is 6.54 Å². The highest BCUT2D eigenvalue weighted by molar-refractivity contribution is 7.97. The zero-order valence-corrected chi connectivity index (χ0v) is 12.0. The Bertz CT molecular complexity index is 569. The van der Waals surface area contributed by atoms with E-state index in [0.717, 1.165) is 22.6 Å². The van der Waals surface area contributed by atoms with Crippen molar-refractivity contribution in [2.24, 2.45) is 5.14 Å². The van der Waals surface area contributed by atoms with E-state index in [1.165, 1.54) is 18.1 Å². The predicted molar refractivity (Wildman–Crippen MR) is 79.3 cm³/mol. The van der Waals surface area contributed by atoms with Gasteiger partial charge in [0.1, 0.15) is 5.69 Å². The third-order valence-corrected chi connectivity index (χ3v) is 3.32. The number of aryl methyl sites for hydroxylation is 1. The quantitative estimate of drug-likeness (QED) is 0.819. The molecule has 2 aromatic rings. The minimum atomic E-state index is -0.202. The number of aromatic nitrogens is 2. The molecule has 2 rings (SSSR count). The molecule has 0 fully saturated rings. The largest absolute Gasteiger partial charge is 0.350 e. The van der Waals surface area contributed by atoms with Crippen molar-refractivity contribution in [2.45, 2.75) is 18.2 Å². The first-order chi connectivity index (χ1) is 9.69. The average Bonchev–Trinajstić information content (AvgIpc) is 2.48. The van der Waals surface area contributed by atoms with Crippen LogP contribution in [0.3, 0.4) is 0 Å². The van der Waals surface area contributed by atoms with Crippen LogP contribution in [-0.4, -0.2) is 22.4 Å². The molecule has 0 bridgehead atoms. The van der Waals surface area contributed by atoms with E-state index in [9.17, 15) is 4.79 Å². The average molecular weight is 288 g/mol. The van der Waals surface area contributed by atoms with Crippen molar-refractivity contribution in [3.8, 4) is 0 Å². The Kier molecular flexibility index (Phi) is 5.09. The van der Waals surface area contributed by atoms with Gasteiger partial charge in [0.25, 0.3) is 5.91 Å². The van der Waals surface area contributed by atoms with Gasteiger partial charge in [-0.2, -0.15) is 0 Å². The number of amides is 1. The molecule has 1 heterocycles. The highest BCUT2D eigenvalue weighted by Crippen LogP contribution is 2.12. The second-order valence-electron chi connectivity index (χ2n) is 4.31. The fraction of sp³-hybridized carbons (Fsp3) is 0.214. The van der Waals surface area contributed by atoms with Crippen LogP contribution < -0.4 is 10.5 Å². The summed E-state index contributed by atoms with van der Waals surface area (Å²) in [5, 5.41) is 8.29. The van der Waals surface area contributed by atoms with Gasteiger partial charge in [-0.15, -0.1) is 0 Å². The van der Waals surface area contributed by atoms with Gasteiger partial charge in [-0.05, 0) is 43.0 Å². The summed E-state index contributed by atoms with van der Waals surface area (Å²) >= 11 is 1.22. The Hall–Kier alpha value is -1.92. The molecule has 0 saturated carbocycles. The Labute approximate surface area is 122 Å². The topological polar surface area (TPSA) is 80.9 Å². The van der Waals surface area contributed by atoms with Gasteiger partial charge in [-0.25, -0.2) is 4.98 Å². The van der Waals surface area contributed by atoms with Gasteiger partial charge in [0, 0.05) is 17.6 Å². The zero-order chi connectivity index (χ0) is 14.4. The van der Waals surface area contributed by atoms with Gasteiger partial charge < -0.3 is 5.32 Å². The minimum Gasteiger partial charge on any atom is -0.350 e. The molecule has 0 unspecified atom stereocenters. The Balaban J connectivity index is 1.82. The summed E-state index contributed by atoms with van der Waals surface area (Å²) in [5.41, 5.74) is 2.28. The summed E-state index contributed by atoms with van der Waals surface area (Å²) in [4.78, 5) is 20.9. The van der Waals surface area contributed by atoms with Crippen LogP contribution in [0.1, 0.15) is 21.7 Å². The molecule has 0 atom stereocenters. The first-order valence-electron chi connectivity index (χ1n) is 6.21. The maximum absolute atomic E-state index is 11.8. The zero-order valence-electron chi connectivity index (χ0n) is 11.2. The lowest BCUT2D eigenvalue weighted by molar-refractivity contribution is 0.0948. The van der Waals surface area contributed by atoms with Crippen molar-refractivity contribution in [3.63, 3.8) is 0 Å². The van der Waals surface area contributed by atoms with Gasteiger partial charge in [0.2, 0.25) is 0 Å². The maximum Gasteiger partial charge on any atom is 0.271 e. The first kappa shape index (κ1) is 14.5. The van der Waals surface area contributed by atoms with Gasteiger partial charge in [-0.1, -0.05) is 12.1 Å². The predicted octanol–water partition coefficient (Wildman–Crippen LogP) is 1.72. The molecular weight excluding hydrogens is 272 g/mol. The van der Waals surface area contributed by atoms with Crippen molar-refractivity contribution in [1.82, 2.24) is 15.3 Å². The summed E-state index contributed by atoms with van der Waals surface area (Å²) in [6, 6.07) is 7.95. The number of rotatable bonds is 5. The smallest absolute Gasteiger partial charge is 0.271 e. The number of carbonyl (C=O) groups excluding carboxylic acids is 1. The molecule has 6 heteroatoms. The first-order valence-corrected chi connectivity index (χ1v) is 7.09. The molecule has 0 aliphatic heterocycles. The second kappa shape index (κ2) is 7.02. The summed E-state index contributed by atoms with van der Waals surface area (Å²) < 4.78 is 0. The summed E-state index contributed by atoms with van der Waals surface area (Å²) in [5.74, 6) is -0.202. The van der Waals surface area contributed by atoms with Gasteiger partial charge >= 0.3 is 0 Å². The summed E-state index contributed by atoms with van der Waals surface area (Å²) in [6.07, 6.45) is 3.83. The van der Waals surface area contributed by atoms with Crippen LogP contribution in [0.4, 0.5) is 0 Å². The fourth-order valence-electron chi connectivity index (χ4n) is 1.66. The fourth-order valence-corrected chi connectivity index (χ4v) is 1.95. The Morgan fingerprint density at radius 2 is 2.00 bits per heavy atom. The third-order valence-electron chi connectivity index (χ3n) is 2.77. The van der Waals surface area contributed by atoms with Crippen LogP contribution in [0.15, 0.2) is 41.6 Å². The number of carbonyl (C=O) groups is 1. The maximum atomic E-state index is 11.8. The number of hydrogen-bond donors (Lipinski definition) is 2. The van der Waals surface area contributed by atoms with E-state index in [1.54, 1.807) is 6.20 Å². The minimum absolute atomic E-state index is 0.202. The number of nitrogens with zero attached hydrogens (tertiary/aromatic N) is 2. The van der Waals surface area contributed by atoms with Gasteiger partial charge in [-0.3, -0.25) is 14.9 Å². The van der Waals surface area contributed by atoms with E-state index < -0.39 is 0 Å². The molecule has 0 aliphatic rings. The van der Waals surface area contributed by atoms with Crippen LogP contribution in [0.5, 0.6) is 0 Å². The Morgan fingerprint density at radius 3 is 2.60 bits per heavy atom. The molecule has 5 nitrogen and oxygen atoms in total. The van der Waals surface area contributed by atoms with E-state index in [1.807, 2.05) is 31.2 Å². The number of nitrogens with two attached hydrogens (primary N) is 1. The van der Waals surface area contributed by atoms with E-state index in [-0.39, 0.29) is 5.91 Å². The monoisotopic (exact) mass is 288 g/mol. The standard InChI is InChI=1S/C14H16N4OS/c1-10-8-18-13(9-17-10)14(19)16-7-6-11-2-4-12(20-15)5-3-11/h2-5,8-9H,6-7,15H2,1H3,(H,16,19). The molecular formula is C14H16N4OS. The van der Waals surface area contributed by atoms with Crippen molar-refractivity contribution in [1.29, 1.82) is 0 Å². The molecule has 0 radical (unpaired) electrons. The molecule has 0 aliphatic carbocycles. The molecule has 20 heavy (non-hydrogen) atoms. The third kappa shape index (κ3) is 4.04. The lowest BCUT2D eigenvalue weighted by Crippen LogP contribution is -2.26. The molecule has 0 spiro atoms. The molecule has 1 aromatic heterocycles. The van der Waals surface area contributed by atoms with Crippen molar-refractivity contribution in [3.05, 3.63) is 53.6 Å². The normalized spacial score (nSPS) is 10.3. The molecule has 104 valence electrons. The van der Waals surface area contributed by atoms with E-state index in [2.05, 4.69) is 15.3 Å². The van der Waals surface area contributed by atoms with E-state index in [0.29, 0.717) is 12.2 Å². The summed E-state index contributed by atoms with van der Waals surface area (Å²) in [7, 11) is 0. The Morgan fingerprint density at radius 1 is 1.25 bits per heavy atom. The molecule has 1 aromatic carbocycles. The molecule has 3 N–H and O–H groups in total. The van der Waals surface area contributed by atoms with E-state index >= 15 is 0 Å². The highest BCUT2D eigenvalue weighted by atomic mass is 32.2. The van der Waals surface area contributed by atoms with Crippen molar-refractivity contribution < 1.29 is 4.79 Å². The van der Waals surface area contributed by atoms with Crippen LogP contribution in [0.25, 0.3) is 0 Å². The molecule has 1 amide bonds. The van der Waals surface area contributed by atoms with Crippen LogP contribution in [-0.2, 0) is 6.42 Å². The lowest BCUT2D eigenvalue weighted by Gasteiger charge is -2.05. The van der Waals surface area contributed by atoms with Crippen LogP contribution in [0.2, 0.25) is 0 Å². The van der Waals surface area contributed by atoms with Crippen molar-refractivity contribution >= 4 is 17.9 Å². The number of benzene rings is 1. The summed E-state index contributed by atoms with van der Waals surface area (Å²) in [6.45, 7) is 2.39. The van der Waals surface area contributed by atoms with Crippen LogP contribution in [0, 0.1) is 6.92 Å². The molecule has 0 saturated heterocycles. The lowest BCUT2D eigenvalue weighted by atomic mass is 10.1.